The molecule has 0 unspecified atom stereocenters. The van der Waals surface area contributed by atoms with E-state index in [-0.39, 0.29) is 5.91 Å². The summed E-state index contributed by atoms with van der Waals surface area (Å²) in [6, 6.07) is 1.56. The maximum absolute atomic E-state index is 11.4. The Morgan fingerprint density at radius 3 is 2.75 bits per heavy atom. The lowest BCUT2D eigenvalue weighted by Crippen LogP contribution is -2.29. The second-order valence-corrected chi connectivity index (χ2v) is 5.12. The summed E-state index contributed by atoms with van der Waals surface area (Å²) in [7, 11) is -3.15. The largest absolute Gasteiger partial charge is 0.472 e. The van der Waals surface area contributed by atoms with Crippen LogP contribution in [-0.2, 0) is 10.0 Å². The molecule has 1 rings (SSSR count). The van der Waals surface area contributed by atoms with Crippen molar-refractivity contribution in [3.8, 4) is 0 Å². The maximum Gasteiger partial charge on any atom is 0.254 e. The second-order valence-electron chi connectivity index (χ2n) is 3.29. The molecule has 0 saturated heterocycles. The summed E-state index contributed by atoms with van der Waals surface area (Å²) in [5, 5.41) is 2.64. The topological polar surface area (TPSA) is 88.4 Å². The number of nitrogens with one attached hydrogen (secondary N) is 2. The zero-order chi connectivity index (χ0) is 12.0. The molecule has 0 saturated carbocycles. The van der Waals surface area contributed by atoms with Crippen LogP contribution >= 0.6 is 0 Å². The molecule has 0 atom stereocenters. The third kappa shape index (κ3) is 4.94. The first kappa shape index (κ1) is 12.7. The number of carbonyl (C=O) groups excluding carboxylic acids is 1. The molecule has 1 heterocycles. The van der Waals surface area contributed by atoms with Crippen molar-refractivity contribution < 1.29 is 17.6 Å². The van der Waals surface area contributed by atoms with E-state index < -0.39 is 10.0 Å². The van der Waals surface area contributed by atoms with Gasteiger partial charge in [0.25, 0.3) is 5.91 Å². The number of carbonyl (C=O) groups is 1. The van der Waals surface area contributed by atoms with Crippen molar-refractivity contribution in [1.82, 2.24) is 10.0 Å². The normalized spacial score (nSPS) is 11.3. The van der Waals surface area contributed by atoms with Crippen LogP contribution in [0.4, 0.5) is 0 Å². The number of sulfonamides is 1. The standard InChI is InChI=1S/C9H14N2O4S/c1-16(13,14)11-5-2-4-10-9(12)8-3-6-15-7-8/h3,6-7,11H,2,4-5H2,1H3,(H,10,12). The lowest BCUT2D eigenvalue weighted by atomic mass is 10.3. The molecule has 1 aromatic rings. The molecule has 2 N–H and O–H groups in total. The summed E-state index contributed by atoms with van der Waals surface area (Å²) in [5.74, 6) is -0.229. The van der Waals surface area contributed by atoms with Crippen molar-refractivity contribution in [2.24, 2.45) is 0 Å². The Hall–Kier alpha value is -1.34. The first-order chi connectivity index (χ1) is 7.49. The molecule has 0 radical (unpaired) electrons. The van der Waals surface area contributed by atoms with E-state index in [0.29, 0.717) is 25.1 Å². The average molecular weight is 246 g/mol. The third-order valence-corrected chi connectivity index (χ3v) is 2.52. The Bertz CT molecular complexity index is 424. The van der Waals surface area contributed by atoms with Crippen molar-refractivity contribution >= 4 is 15.9 Å². The van der Waals surface area contributed by atoms with Gasteiger partial charge in [-0.05, 0) is 12.5 Å². The minimum atomic E-state index is -3.15. The Balaban J connectivity index is 2.15. The van der Waals surface area contributed by atoms with E-state index in [1.165, 1.54) is 12.5 Å². The molecule has 0 spiro atoms. The summed E-state index contributed by atoms with van der Waals surface area (Å²) < 4.78 is 28.5. The molecular formula is C9H14N2O4S. The smallest absolute Gasteiger partial charge is 0.254 e. The average Bonchev–Trinajstić information content (AvgIpc) is 2.67. The number of rotatable bonds is 6. The molecule has 0 aromatic carbocycles. The van der Waals surface area contributed by atoms with Crippen molar-refractivity contribution in [2.45, 2.75) is 6.42 Å². The maximum atomic E-state index is 11.4. The minimum Gasteiger partial charge on any atom is -0.472 e. The van der Waals surface area contributed by atoms with Crippen LogP contribution in [-0.4, -0.2) is 33.7 Å². The van der Waals surface area contributed by atoms with Crippen molar-refractivity contribution in [3.05, 3.63) is 24.2 Å². The molecule has 0 aliphatic rings. The molecule has 1 amide bonds. The van der Waals surface area contributed by atoms with Crippen molar-refractivity contribution in [3.63, 3.8) is 0 Å². The molecular weight excluding hydrogens is 232 g/mol. The van der Waals surface area contributed by atoms with Crippen LogP contribution in [0.3, 0.4) is 0 Å². The van der Waals surface area contributed by atoms with Gasteiger partial charge in [-0.2, -0.15) is 0 Å². The minimum absolute atomic E-state index is 0.229. The molecule has 6 nitrogen and oxygen atoms in total. The Morgan fingerprint density at radius 2 is 2.19 bits per heavy atom. The monoisotopic (exact) mass is 246 g/mol. The van der Waals surface area contributed by atoms with E-state index in [0.717, 1.165) is 6.26 Å². The first-order valence-corrected chi connectivity index (χ1v) is 6.63. The highest BCUT2D eigenvalue weighted by Crippen LogP contribution is 1.98. The summed E-state index contributed by atoms with van der Waals surface area (Å²) >= 11 is 0. The lowest BCUT2D eigenvalue weighted by molar-refractivity contribution is 0.0953. The highest BCUT2D eigenvalue weighted by atomic mass is 32.2. The Kier molecular flexibility index (Phi) is 4.51. The molecule has 16 heavy (non-hydrogen) atoms. The zero-order valence-electron chi connectivity index (χ0n) is 8.89. The first-order valence-electron chi connectivity index (χ1n) is 4.74. The third-order valence-electron chi connectivity index (χ3n) is 1.79. The predicted molar refractivity (Wildman–Crippen MR) is 58.5 cm³/mol. The second kappa shape index (κ2) is 5.66. The fourth-order valence-electron chi connectivity index (χ4n) is 1.04. The number of furan rings is 1. The van der Waals surface area contributed by atoms with E-state index in [1.54, 1.807) is 6.07 Å². The van der Waals surface area contributed by atoms with Crippen molar-refractivity contribution in [1.29, 1.82) is 0 Å². The fourth-order valence-corrected chi connectivity index (χ4v) is 1.56. The summed E-state index contributed by atoms with van der Waals surface area (Å²) in [6.45, 7) is 0.719. The molecule has 0 bridgehead atoms. The van der Waals surface area contributed by atoms with Gasteiger partial charge in [0.1, 0.15) is 6.26 Å². The number of amides is 1. The van der Waals surface area contributed by atoms with Gasteiger partial charge in [-0.3, -0.25) is 4.79 Å². The Labute approximate surface area is 94.1 Å². The van der Waals surface area contributed by atoms with E-state index in [2.05, 4.69) is 10.0 Å². The van der Waals surface area contributed by atoms with Crippen LogP contribution in [0, 0.1) is 0 Å². The van der Waals surface area contributed by atoms with Crippen LogP contribution in [0.1, 0.15) is 16.8 Å². The van der Waals surface area contributed by atoms with Gasteiger partial charge < -0.3 is 9.73 Å². The molecule has 90 valence electrons. The number of hydrogen-bond donors (Lipinski definition) is 2. The van der Waals surface area contributed by atoms with E-state index in [9.17, 15) is 13.2 Å². The van der Waals surface area contributed by atoms with E-state index >= 15 is 0 Å². The van der Waals surface area contributed by atoms with Gasteiger partial charge >= 0.3 is 0 Å². The molecule has 7 heteroatoms. The van der Waals surface area contributed by atoms with Gasteiger partial charge in [0.2, 0.25) is 10.0 Å². The molecule has 1 aromatic heterocycles. The predicted octanol–water partition coefficient (Wildman–Crippen LogP) is -0.0513. The zero-order valence-corrected chi connectivity index (χ0v) is 9.71. The van der Waals surface area contributed by atoms with Gasteiger partial charge in [-0.15, -0.1) is 0 Å². The summed E-state index contributed by atoms with van der Waals surface area (Å²) in [6.07, 6.45) is 4.40. The SMILES string of the molecule is CS(=O)(=O)NCCCNC(=O)c1ccoc1. The van der Waals surface area contributed by atoms with E-state index in [4.69, 9.17) is 4.42 Å². The number of hydrogen-bond acceptors (Lipinski definition) is 4. The van der Waals surface area contributed by atoms with Crippen LogP contribution in [0.5, 0.6) is 0 Å². The van der Waals surface area contributed by atoms with Gasteiger partial charge in [-0.1, -0.05) is 0 Å². The summed E-state index contributed by atoms with van der Waals surface area (Å²) in [5.41, 5.74) is 0.455. The highest BCUT2D eigenvalue weighted by molar-refractivity contribution is 7.88. The summed E-state index contributed by atoms with van der Waals surface area (Å²) in [4.78, 5) is 11.4. The van der Waals surface area contributed by atoms with Gasteiger partial charge in [-0.25, -0.2) is 13.1 Å². The van der Waals surface area contributed by atoms with E-state index in [1.807, 2.05) is 0 Å². The molecule has 0 fully saturated rings. The van der Waals surface area contributed by atoms with Crippen LogP contribution in [0.25, 0.3) is 0 Å². The molecule has 0 aliphatic carbocycles. The lowest BCUT2D eigenvalue weighted by Gasteiger charge is -2.03. The van der Waals surface area contributed by atoms with Gasteiger partial charge in [0, 0.05) is 13.1 Å². The van der Waals surface area contributed by atoms with Crippen LogP contribution in [0.2, 0.25) is 0 Å². The molecule has 0 aliphatic heterocycles. The van der Waals surface area contributed by atoms with Gasteiger partial charge in [0.15, 0.2) is 0 Å². The van der Waals surface area contributed by atoms with Gasteiger partial charge in [0.05, 0.1) is 18.1 Å². The van der Waals surface area contributed by atoms with Crippen LogP contribution in [0.15, 0.2) is 23.0 Å². The van der Waals surface area contributed by atoms with Crippen molar-refractivity contribution in [2.75, 3.05) is 19.3 Å². The quantitative estimate of drug-likeness (QED) is 0.689. The Morgan fingerprint density at radius 1 is 1.44 bits per heavy atom. The van der Waals surface area contributed by atoms with Crippen LogP contribution < -0.4 is 10.0 Å². The fraction of sp³-hybridized carbons (Fsp3) is 0.444. The highest BCUT2D eigenvalue weighted by Gasteiger charge is 2.05.